The Morgan fingerprint density at radius 1 is 1.08 bits per heavy atom. The Labute approximate surface area is 153 Å². The van der Waals surface area contributed by atoms with E-state index < -0.39 is 5.67 Å². The van der Waals surface area contributed by atoms with Crippen molar-refractivity contribution in [3.8, 4) is 0 Å². The smallest absolute Gasteiger partial charge is 0.130 e. The normalized spacial score (nSPS) is 12.5. The van der Waals surface area contributed by atoms with Crippen molar-refractivity contribution in [2.45, 2.75) is 59.0 Å². The predicted octanol–water partition coefficient (Wildman–Crippen LogP) is 6.61. The van der Waals surface area contributed by atoms with Gasteiger partial charge < -0.3 is 4.90 Å². The summed E-state index contributed by atoms with van der Waals surface area (Å²) in [5.74, 6) is 0. The molecule has 0 heterocycles. The molecule has 0 spiro atoms. The number of allylic oxidation sites excluding steroid dienone is 2. The largest absolute Gasteiger partial charge is 0.380 e. The first-order valence-electron chi connectivity index (χ1n) is 8.88. The van der Waals surface area contributed by atoms with Gasteiger partial charge in [-0.05, 0) is 73.2 Å². The molecule has 0 radical (unpaired) electrons. The molecule has 0 aromatic heterocycles. The van der Waals surface area contributed by atoms with Crippen LogP contribution in [0.5, 0.6) is 0 Å². The highest BCUT2D eigenvalue weighted by Crippen LogP contribution is 2.33. The summed E-state index contributed by atoms with van der Waals surface area (Å²) in [5.41, 5.74) is 3.43. The topological polar surface area (TPSA) is 3.24 Å². The molecule has 0 bridgehead atoms. The number of rotatable bonds is 7. The molecule has 1 aromatic rings. The van der Waals surface area contributed by atoms with Crippen molar-refractivity contribution in [2.24, 2.45) is 0 Å². The maximum absolute atomic E-state index is 14.6. The van der Waals surface area contributed by atoms with Crippen LogP contribution in [0.3, 0.4) is 0 Å². The van der Waals surface area contributed by atoms with E-state index in [1.165, 1.54) is 5.57 Å². The van der Waals surface area contributed by atoms with Crippen LogP contribution in [0.25, 0.3) is 5.57 Å². The second kappa shape index (κ2) is 8.03. The molecule has 0 aliphatic heterocycles. The quantitative estimate of drug-likeness (QED) is 0.397. The van der Waals surface area contributed by atoms with Crippen LogP contribution in [0.1, 0.15) is 64.7 Å². The zero-order chi connectivity index (χ0) is 19.4. The van der Waals surface area contributed by atoms with Crippen molar-refractivity contribution in [3.63, 3.8) is 0 Å². The molecule has 0 amide bonds. The summed E-state index contributed by atoms with van der Waals surface area (Å²) in [6.45, 7) is 20.7. The highest BCUT2D eigenvalue weighted by Gasteiger charge is 2.23. The van der Waals surface area contributed by atoms with Crippen LogP contribution in [0, 0.1) is 0 Å². The average molecular weight is 344 g/mol. The van der Waals surface area contributed by atoms with Crippen molar-refractivity contribution in [1.29, 1.82) is 0 Å². The third kappa shape index (κ3) is 6.89. The van der Waals surface area contributed by atoms with E-state index >= 15 is 0 Å². The van der Waals surface area contributed by atoms with Gasteiger partial charge in [0.2, 0.25) is 0 Å². The van der Waals surface area contributed by atoms with Gasteiger partial charge in [0, 0.05) is 13.6 Å². The van der Waals surface area contributed by atoms with Gasteiger partial charge in [-0.3, -0.25) is 0 Å². The molecule has 0 aliphatic rings. The first kappa shape index (κ1) is 21.2. The van der Waals surface area contributed by atoms with Crippen LogP contribution in [0.4, 0.5) is 4.39 Å². The molecule has 1 aromatic carbocycles. The number of halogens is 1. The summed E-state index contributed by atoms with van der Waals surface area (Å²) in [6, 6.07) is 6.01. The van der Waals surface area contributed by atoms with E-state index in [9.17, 15) is 4.39 Å². The number of hydrogen-bond acceptors (Lipinski definition) is 1. The number of nitrogens with zero attached hydrogens (tertiary/aromatic N) is 1. The maximum Gasteiger partial charge on any atom is 0.130 e. The van der Waals surface area contributed by atoms with Crippen molar-refractivity contribution >= 4 is 5.57 Å². The number of benzene rings is 1. The van der Waals surface area contributed by atoms with E-state index in [4.69, 9.17) is 0 Å². The minimum Gasteiger partial charge on any atom is -0.380 e. The molecule has 0 saturated carbocycles. The average Bonchev–Trinajstić information content (AvgIpc) is 2.48. The van der Waals surface area contributed by atoms with Crippen molar-refractivity contribution in [1.82, 2.24) is 4.90 Å². The van der Waals surface area contributed by atoms with Gasteiger partial charge in [-0.25, -0.2) is 4.39 Å². The second-order valence-electron chi connectivity index (χ2n) is 8.55. The summed E-state index contributed by atoms with van der Waals surface area (Å²) in [5, 5.41) is 0. The second-order valence-corrected chi connectivity index (χ2v) is 8.55. The fourth-order valence-corrected chi connectivity index (χ4v) is 2.34. The van der Waals surface area contributed by atoms with E-state index in [0.29, 0.717) is 5.56 Å². The van der Waals surface area contributed by atoms with Gasteiger partial charge in [0.05, 0.1) is 0 Å². The molecule has 1 rings (SSSR count). The molecule has 0 saturated heterocycles. The molecule has 2 heteroatoms. The lowest BCUT2D eigenvalue weighted by Gasteiger charge is -2.24. The van der Waals surface area contributed by atoms with E-state index in [2.05, 4.69) is 44.9 Å². The molecule has 25 heavy (non-hydrogen) atoms. The van der Waals surface area contributed by atoms with Gasteiger partial charge in [0.25, 0.3) is 0 Å². The van der Waals surface area contributed by atoms with Gasteiger partial charge in [-0.1, -0.05) is 45.1 Å². The first-order valence-corrected chi connectivity index (χ1v) is 8.88. The minimum absolute atomic E-state index is 0.0434. The molecule has 1 nitrogen and oxygen atoms in total. The summed E-state index contributed by atoms with van der Waals surface area (Å²) >= 11 is 0. The van der Waals surface area contributed by atoms with Gasteiger partial charge in [0.1, 0.15) is 5.67 Å². The molecule has 0 atom stereocenters. The van der Waals surface area contributed by atoms with E-state index in [1.807, 2.05) is 38.4 Å². The van der Waals surface area contributed by atoms with Gasteiger partial charge in [-0.15, -0.1) is 6.58 Å². The number of alkyl halides is 1. The van der Waals surface area contributed by atoms with Crippen LogP contribution in [-0.2, 0) is 11.1 Å². The summed E-state index contributed by atoms with van der Waals surface area (Å²) in [7, 11) is 2.04. The van der Waals surface area contributed by atoms with Crippen LogP contribution >= 0.6 is 0 Å². The third-order valence-corrected chi connectivity index (χ3v) is 4.28. The Hall–Kier alpha value is -1.83. The number of hydrogen-bond donors (Lipinski definition) is 0. The van der Waals surface area contributed by atoms with Crippen LogP contribution in [0.15, 0.2) is 49.2 Å². The maximum atomic E-state index is 14.6. The van der Waals surface area contributed by atoms with E-state index in [-0.39, 0.29) is 5.41 Å². The monoisotopic (exact) mass is 343 g/mol. The van der Waals surface area contributed by atoms with Crippen molar-refractivity contribution in [3.05, 3.63) is 65.9 Å². The zero-order valence-electron chi connectivity index (χ0n) is 17.0. The van der Waals surface area contributed by atoms with Gasteiger partial charge in [0.15, 0.2) is 0 Å². The molecule has 0 aliphatic carbocycles. The van der Waals surface area contributed by atoms with E-state index in [1.54, 1.807) is 13.8 Å². The highest BCUT2D eigenvalue weighted by molar-refractivity contribution is 5.73. The van der Waals surface area contributed by atoms with Crippen molar-refractivity contribution < 1.29 is 4.39 Å². The Balaban J connectivity index is 3.10. The highest BCUT2D eigenvalue weighted by atomic mass is 19.1. The SMILES string of the molecule is C=C(C)CCN(C)/C=C\C(=C)c1cc(C(C)(C)C)cc(C(C)(C)F)c1. The molecule has 0 N–H and O–H groups in total. The van der Waals surface area contributed by atoms with Gasteiger partial charge in [-0.2, -0.15) is 0 Å². The summed E-state index contributed by atoms with van der Waals surface area (Å²) < 4.78 is 14.6. The first-order chi connectivity index (χ1) is 11.3. The lowest BCUT2D eigenvalue weighted by molar-refractivity contribution is 0.221. The molecule has 0 fully saturated rings. The Morgan fingerprint density at radius 2 is 1.64 bits per heavy atom. The lowest BCUT2D eigenvalue weighted by Crippen LogP contribution is -2.16. The molecular weight excluding hydrogens is 309 g/mol. The molecule has 138 valence electrons. The third-order valence-electron chi connectivity index (χ3n) is 4.28. The van der Waals surface area contributed by atoms with E-state index in [0.717, 1.165) is 29.7 Å². The summed E-state index contributed by atoms with van der Waals surface area (Å²) in [4.78, 5) is 2.12. The van der Waals surface area contributed by atoms with Crippen LogP contribution in [-0.4, -0.2) is 18.5 Å². The molecular formula is C23H34FN. The fourth-order valence-electron chi connectivity index (χ4n) is 2.34. The molecule has 0 unspecified atom stereocenters. The van der Waals surface area contributed by atoms with Crippen LogP contribution < -0.4 is 0 Å². The standard InChI is InChI=1S/C23H34FN/c1-17(2)10-12-25(9)13-11-18(3)19-14-20(22(4,5)6)16-21(15-19)23(7,8)24/h11,13-16H,1,3,10,12H2,2,4-9H3/b13-11-. The summed E-state index contributed by atoms with van der Waals surface area (Å²) in [6.07, 6.45) is 4.98. The fraction of sp³-hybridized carbons (Fsp3) is 0.478. The minimum atomic E-state index is -1.38. The lowest BCUT2D eigenvalue weighted by atomic mass is 9.82. The van der Waals surface area contributed by atoms with Crippen LogP contribution in [0.2, 0.25) is 0 Å². The Morgan fingerprint density at radius 3 is 2.12 bits per heavy atom. The predicted molar refractivity (Wildman–Crippen MR) is 110 cm³/mol. The Bertz CT molecular complexity index is 621. The zero-order valence-corrected chi connectivity index (χ0v) is 17.0. The Kier molecular flexibility index (Phi) is 6.82. The van der Waals surface area contributed by atoms with Gasteiger partial charge >= 0.3 is 0 Å². The van der Waals surface area contributed by atoms with Crippen molar-refractivity contribution in [2.75, 3.05) is 13.6 Å².